The van der Waals surface area contributed by atoms with E-state index in [2.05, 4.69) is 25.1 Å². The first-order chi connectivity index (χ1) is 10.2. The van der Waals surface area contributed by atoms with E-state index < -0.39 is 0 Å². The largest absolute Gasteiger partial charge is 0.264 e. The zero-order valence-corrected chi connectivity index (χ0v) is 12.5. The second-order valence-electron chi connectivity index (χ2n) is 4.37. The van der Waals surface area contributed by atoms with E-state index in [4.69, 9.17) is 0 Å². The van der Waals surface area contributed by atoms with Crippen LogP contribution in [0.25, 0.3) is 0 Å². The number of hydrogen-bond donors (Lipinski definition) is 0. The van der Waals surface area contributed by atoms with Crippen LogP contribution >= 0.6 is 0 Å². The van der Waals surface area contributed by atoms with Crippen LogP contribution in [0.5, 0.6) is 0 Å². The standard InChI is InChI=1S/C6H7N.2C5H6N2/c1-6-3-2-4-7-5-6;1-5-2-6-4-7-3-5;1-5-2-3-6-7-4-5/h2-5H,1H3;2*2-4H,1H3. The molecule has 0 fully saturated rings. The van der Waals surface area contributed by atoms with E-state index in [1.807, 2.05) is 45.2 Å². The smallest absolute Gasteiger partial charge is 0.115 e. The van der Waals surface area contributed by atoms with E-state index in [0.717, 1.165) is 11.1 Å². The molecule has 5 nitrogen and oxygen atoms in total. The van der Waals surface area contributed by atoms with Gasteiger partial charge in [0.25, 0.3) is 0 Å². The molecular weight excluding hydrogens is 262 g/mol. The number of pyridine rings is 1. The Balaban J connectivity index is 0.000000157. The summed E-state index contributed by atoms with van der Waals surface area (Å²) in [6, 6.07) is 5.86. The first kappa shape index (κ1) is 16.4. The van der Waals surface area contributed by atoms with Gasteiger partial charge in [-0.2, -0.15) is 10.2 Å². The molecule has 108 valence electrons. The van der Waals surface area contributed by atoms with Crippen molar-refractivity contribution in [3.05, 3.63) is 78.4 Å². The van der Waals surface area contributed by atoms with Crippen LogP contribution in [0.4, 0.5) is 0 Å². The summed E-state index contributed by atoms with van der Waals surface area (Å²) in [5.74, 6) is 0. The number of aryl methyl sites for hydroxylation is 3. The van der Waals surface area contributed by atoms with E-state index in [1.54, 1.807) is 31.0 Å². The molecule has 0 amide bonds. The minimum Gasteiger partial charge on any atom is -0.264 e. The van der Waals surface area contributed by atoms with Crippen molar-refractivity contribution < 1.29 is 0 Å². The van der Waals surface area contributed by atoms with Crippen molar-refractivity contribution in [1.29, 1.82) is 0 Å². The topological polar surface area (TPSA) is 64.5 Å². The van der Waals surface area contributed by atoms with Crippen LogP contribution in [0.3, 0.4) is 0 Å². The lowest BCUT2D eigenvalue weighted by atomic mass is 10.3. The predicted molar refractivity (Wildman–Crippen MR) is 82.5 cm³/mol. The summed E-state index contributed by atoms with van der Waals surface area (Å²) < 4.78 is 0. The Morgan fingerprint density at radius 3 is 1.57 bits per heavy atom. The molecule has 21 heavy (non-hydrogen) atoms. The molecule has 0 unspecified atom stereocenters. The van der Waals surface area contributed by atoms with Gasteiger partial charge in [-0.05, 0) is 49.6 Å². The molecule has 0 aromatic carbocycles. The van der Waals surface area contributed by atoms with Crippen molar-refractivity contribution in [1.82, 2.24) is 25.1 Å². The van der Waals surface area contributed by atoms with Gasteiger partial charge in [-0.1, -0.05) is 6.07 Å². The third-order valence-electron chi connectivity index (χ3n) is 2.23. The van der Waals surface area contributed by atoms with Crippen LogP contribution < -0.4 is 0 Å². The summed E-state index contributed by atoms with van der Waals surface area (Å²) in [5.41, 5.74) is 3.46. The molecule has 3 rings (SSSR count). The molecule has 3 aromatic rings. The molecule has 0 aliphatic heterocycles. The van der Waals surface area contributed by atoms with E-state index >= 15 is 0 Å². The van der Waals surface area contributed by atoms with Crippen LogP contribution in [0, 0.1) is 20.8 Å². The van der Waals surface area contributed by atoms with Gasteiger partial charge in [-0.3, -0.25) is 4.98 Å². The zero-order chi connectivity index (χ0) is 15.3. The average Bonchev–Trinajstić information content (AvgIpc) is 2.51. The van der Waals surface area contributed by atoms with Gasteiger partial charge >= 0.3 is 0 Å². The van der Waals surface area contributed by atoms with Crippen LogP contribution in [0.1, 0.15) is 16.7 Å². The number of nitrogens with zero attached hydrogens (tertiary/aromatic N) is 5. The Hall–Kier alpha value is -2.69. The summed E-state index contributed by atoms with van der Waals surface area (Å²) >= 11 is 0. The maximum absolute atomic E-state index is 3.88. The highest BCUT2D eigenvalue weighted by molar-refractivity contribution is 5.04. The minimum absolute atomic E-state index is 1.10. The van der Waals surface area contributed by atoms with Crippen LogP contribution in [-0.2, 0) is 0 Å². The van der Waals surface area contributed by atoms with Crippen molar-refractivity contribution in [3.63, 3.8) is 0 Å². The highest BCUT2D eigenvalue weighted by atomic mass is 15.1. The average molecular weight is 281 g/mol. The van der Waals surface area contributed by atoms with Gasteiger partial charge in [-0.15, -0.1) is 0 Å². The van der Waals surface area contributed by atoms with Gasteiger partial charge in [0.05, 0.1) is 6.20 Å². The summed E-state index contributed by atoms with van der Waals surface area (Å²) in [6.45, 7) is 5.96. The molecule has 0 spiro atoms. The molecule has 0 saturated carbocycles. The summed E-state index contributed by atoms with van der Waals surface area (Å²) in [7, 11) is 0. The Bertz CT molecular complexity index is 496. The summed E-state index contributed by atoms with van der Waals surface area (Å²) in [4.78, 5) is 11.4. The first-order valence-corrected chi connectivity index (χ1v) is 6.50. The molecule has 0 aliphatic carbocycles. The van der Waals surface area contributed by atoms with Crippen molar-refractivity contribution >= 4 is 0 Å². The van der Waals surface area contributed by atoms with Crippen LogP contribution in [0.15, 0.2) is 61.7 Å². The van der Waals surface area contributed by atoms with E-state index in [0.29, 0.717) is 0 Å². The highest BCUT2D eigenvalue weighted by Gasteiger charge is 1.75. The molecule has 0 bridgehead atoms. The number of rotatable bonds is 0. The lowest BCUT2D eigenvalue weighted by Gasteiger charge is -1.82. The molecule has 0 saturated heterocycles. The van der Waals surface area contributed by atoms with Crippen LogP contribution in [-0.4, -0.2) is 25.1 Å². The fourth-order valence-electron chi connectivity index (χ4n) is 1.18. The first-order valence-electron chi connectivity index (χ1n) is 6.50. The monoisotopic (exact) mass is 281 g/mol. The Labute approximate surface area is 125 Å². The predicted octanol–water partition coefficient (Wildman–Crippen LogP) is 2.96. The highest BCUT2D eigenvalue weighted by Crippen LogP contribution is 1.88. The molecule has 0 atom stereocenters. The van der Waals surface area contributed by atoms with Crippen molar-refractivity contribution in [2.24, 2.45) is 0 Å². The van der Waals surface area contributed by atoms with Gasteiger partial charge in [0.1, 0.15) is 6.33 Å². The lowest BCUT2D eigenvalue weighted by molar-refractivity contribution is 1.01. The Morgan fingerprint density at radius 1 is 0.619 bits per heavy atom. The molecule has 5 heteroatoms. The quantitative estimate of drug-likeness (QED) is 0.634. The van der Waals surface area contributed by atoms with Crippen LogP contribution in [0.2, 0.25) is 0 Å². The second-order valence-corrected chi connectivity index (χ2v) is 4.37. The maximum Gasteiger partial charge on any atom is 0.115 e. The normalized spacial score (nSPS) is 8.71. The molecular formula is C16H19N5. The van der Waals surface area contributed by atoms with Gasteiger partial charge in [0, 0.05) is 31.0 Å². The van der Waals surface area contributed by atoms with Gasteiger partial charge in [-0.25, -0.2) is 9.97 Å². The second kappa shape index (κ2) is 10.1. The molecule has 3 aromatic heterocycles. The fraction of sp³-hybridized carbons (Fsp3) is 0.188. The number of hydrogen-bond acceptors (Lipinski definition) is 5. The Morgan fingerprint density at radius 2 is 1.29 bits per heavy atom. The summed E-state index contributed by atoms with van der Waals surface area (Å²) in [6.07, 6.45) is 12.1. The molecule has 0 aliphatic rings. The van der Waals surface area contributed by atoms with Crippen molar-refractivity contribution in [2.45, 2.75) is 20.8 Å². The van der Waals surface area contributed by atoms with Gasteiger partial charge in [0.2, 0.25) is 0 Å². The van der Waals surface area contributed by atoms with E-state index in [9.17, 15) is 0 Å². The third-order valence-corrected chi connectivity index (χ3v) is 2.23. The zero-order valence-electron chi connectivity index (χ0n) is 12.5. The third kappa shape index (κ3) is 8.93. The lowest BCUT2D eigenvalue weighted by Crippen LogP contribution is -1.76. The fourth-order valence-corrected chi connectivity index (χ4v) is 1.18. The van der Waals surface area contributed by atoms with E-state index in [1.165, 1.54) is 11.9 Å². The van der Waals surface area contributed by atoms with Gasteiger partial charge in [0.15, 0.2) is 0 Å². The van der Waals surface area contributed by atoms with Crippen molar-refractivity contribution in [2.75, 3.05) is 0 Å². The molecule has 0 radical (unpaired) electrons. The van der Waals surface area contributed by atoms with Gasteiger partial charge < -0.3 is 0 Å². The van der Waals surface area contributed by atoms with E-state index in [-0.39, 0.29) is 0 Å². The molecule has 3 heterocycles. The van der Waals surface area contributed by atoms with Crippen molar-refractivity contribution in [3.8, 4) is 0 Å². The summed E-state index contributed by atoms with van der Waals surface area (Å²) in [5, 5.41) is 7.23. The minimum atomic E-state index is 1.10. The Kier molecular flexibility index (Phi) is 7.90. The maximum atomic E-state index is 3.88. The molecule has 0 N–H and O–H groups in total. The number of aromatic nitrogens is 5. The SMILES string of the molecule is Cc1cccnc1.Cc1ccnnc1.Cc1cncnc1.